The number of nitrogens with one attached hydrogen (secondary N) is 2. The lowest BCUT2D eigenvalue weighted by Crippen LogP contribution is -2.47. The van der Waals surface area contributed by atoms with Gasteiger partial charge in [0.2, 0.25) is 0 Å². The van der Waals surface area contributed by atoms with E-state index in [2.05, 4.69) is 31.8 Å². The van der Waals surface area contributed by atoms with E-state index in [4.69, 9.17) is 14.2 Å². The predicted molar refractivity (Wildman–Crippen MR) is 136 cm³/mol. The van der Waals surface area contributed by atoms with Gasteiger partial charge in [-0.1, -0.05) is 32.0 Å². The van der Waals surface area contributed by atoms with Gasteiger partial charge in [0, 0.05) is 11.6 Å². The van der Waals surface area contributed by atoms with Crippen LogP contribution in [-0.2, 0) is 9.59 Å². The van der Waals surface area contributed by atoms with Crippen LogP contribution in [0.4, 0.5) is 0 Å². The van der Waals surface area contributed by atoms with E-state index in [-0.39, 0.29) is 18.4 Å². The van der Waals surface area contributed by atoms with Crippen LogP contribution >= 0.6 is 15.9 Å². The molecule has 0 heterocycles. The molecule has 2 aromatic rings. The van der Waals surface area contributed by atoms with Gasteiger partial charge in [-0.25, -0.2) is 5.43 Å². The monoisotopic (exact) mass is 533 g/mol. The lowest BCUT2D eigenvalue weighted by atomic mass is 10.0. The minimum atomic E-state index is -0.754. The lowest BCUT2D eigenvalue weighted by Gasteiger charge is -2.19. The van der Waals surface area contributed by atoms with Crippen molar-refractivity contribution in [2.45, 2.75) is 40.2 Å². The largest absolute Gasteiger partial charge is 0.496 e. The molecule has 0 saturated heterocycles. The molecular weight excluding hydrogens is 502 g/mol. The van der Waals surface area contributed by atoms with Crippen LogP contribution in [0.1, 0.15) is 37.0 Å². The minimum absolute atomic E-state index is 0.178. The second-order valence-corrected chi connectivity index (χ2v) is 9.08. The van der Waals surface area contributed by atoms with Crippen molar-refractivity contribution in [2.75, 3.05) is 20.8 Å². The normalized spacial score (nSPS) is 11.9. The highest BCUT2D eigenvalue weighted by Gasteiger charge is 2.22. The molecule has 0 aliphatic rings. The number of methoxy groups -OCH3 is 2. The summed E-state index contributed by atoms with van der Waals surface area (Å²) >= 11 is 3.42. The molecular formula is C25H32BrN3O5. The SMILES string of the molecule is COc1cc(OC)c(/C=N\NC(=O)[C@@H](CC(C)C)NC(=O)COc2c(C)cccc2C)cc1Br. The third-order valence-corrected chi connectivity index (χ3v) is 5.62. The van der Waals surface area contributed by atoms with Gasteiger partial charge in [-0.2, -0.15) is 5.10 Å². The Morgan fingerprint density at radius 3 is 2.32 bits per heavy atom. The molecule has 0 aliphatic heterocycles. The van der Waals surface area contributed by atoms with Crippen LogP contribution in [0.5, 0.6) is 17.2 Å². The first-order valence-electron chi connectivity index (χ1n) is 10.9. The van der Waals surface area contributed by atoms with E-state index in [0.717, 1.165) is 15.6 Å². The van der Waals surface area contributed by atoms with Crippen LogP contribution in [0.3, 0.4) is 0 Å². The third-order valence-electron chi connectivity index (χ3n) is 5.00. The Bertz CT molecular complexity index is 1020. The standard InChI is InChI=1S/C25H32BrN3O5/c1-15(2)10-20(28-23(30)14-34-24-16(3)8-7-9-17(24)4)25(31)29-27-13-18-11-19(26)22(33-6)12-21(18)32-5/h7-9,11-13,15,20H,10,14H2,1-6H3,(H,28,30)(H,29,31)/b27-13-/t20-/m1/s1. The smallest absolute Gasteiger partial charge is 0.262 e. The Morgan fingerprint density at radius 1 is 1.09 bits per heavy atom. The second kappa shape index (κ2) is 13.0. The molecule has 8 nitrogen and oxygen atoms in total. The number of nitrogens with zero attached hydrogens (tertiary/aromatic N) is 1. The number of carbonyl (C=O) groups is 2. The van der Waals surface area contributed by atoms with Crippen LogP contribution in [-0.4, -0.2) is 44.9 Å². The van der Waals surface area contributed by atoms with Gasteiger partial charge in [-0.3, -0.25) is 9.59 Å². The van der Waals surface area contributed by atoms with Gasteiger partial charge in [-0.15, -0.1) is 0 Å². The number of ether oxygens (including phenoxy) is 3. The molecule has 2 rings (SSSR count). The summed E-state index contributed by atoms with van der Waals surface area (Å²) in [7, 11) is 3.09. The van der Waals surface area contributed by atoms with E-state index < -0.39 is 11.9 Å². The van der Waals surface area contributed by atoms with Gasteiger partial charge in [0.15, 0.2) is 6.61 Å². The fourth-order valence-electron chi connectivity index (χ4n) is 3.33. The second-order valence-electron chi connectivity index (χ2n) is 8.22. The first kappa shape index (κ1) is 27.2. The van der Waals surface area contributed by atoms with Crippen molar-refractivity contribution in [3.05, 3.63) is 51.5 Å². The molecule has 9 heteroatoms. The van der Waals surface area contributed by atoms with E-state index >= 15 is 0 Å². The van der Waals surface area contributed by atoms with Gasteiger partial charge in [0.05, 0.1) is 24.9 Å². The molecule has 0 aromatic heterocycles. The van der Waals surface area contributed by atoms with Crippen molar-refractivity contribution >= 4 is 34.0 Å². The van der Waals surface area contributed by atoms with E-state index in [0.29, 0.717) is 29.2 Å². The zero-order valence-electron chi connectivity index (χ0n) is 20.4. The number of halogens is 1. The number of hydrogen-bond acceptors (Lipinski definition) is 6. The Labute approximate surface area is 209 Å². The summed E-state index contributed by atoms with van der Waals surface area (Å²) < 4.78 is 17.0. The van der Waals surface area contributed by atoms with Crippen LogP contribution in [0.2, 0.25) is 0 Å². The maximum Gasteiger partial charge on any atom is 0.262 e. The number of hydrazone groups is 1. The van der Waals surface area contributed by atoms with Gasteiger partial charge < -0.3 is 19.5 Å². The predicted octanol–water partition coefficient (Wildman–Crippen LogP) is 4.14. The maximum atomic E-state index is 12.8. The summed E-state index contributed by atoms with van der Waals surface area (Å²) in [6.45, 7) is 7.60. The molecule has 0 aliphatic carbocycles. The molecule has 34 heavy (non-hydrogen) atoms. The molecule has 2 amide bonds. The van der Waals surface area contributed by atoms with Crippen LogP contribution in [0, 0.1) is 19.8 Å². The van der Waals surface area contributed by atoms with Crippen molar-refractivity contribution in [3.8, 4) is 17.2 Å². The summed E-state index contributed by atoms with van der Waals surface area (Å²) in [5, 5.41) is 6.80. The van der Waals surface area contributed by atoms with Gasteiger partial charge in [-0.05, 0) is 59.3 Å². The van der Waals surface area contributed by atoms with E-state index in [1.165, 1.54) is 13.3 Å². The van der Waals surface area contributed by atoms with Gasteiger partial charge in [0.25, 0.3) is 11.8 Å². The van der Waals surface area contributed by atoms with Gasteiger partial charge in [0.1, 0.15) is 23.3 Å². The van der Waals surface area contributed by atoms with Crippen molar-refractivity contribution in [2.24, 2.45) is 11.0 Å². The molecule has 184 valence electrons. The van der Waals surface area contributed by atoms with Crippen LogP contribution in [0.15, 0.2) is 39.9 Å². The average molecular weight is 534 g/mol. The number of para-hydroxylation sites is 1. The Kier molecular flexibility index (Phi) is 10.4. The number of amides is 2. The zero-order valence-corrected chi connectivity index (χ0v) is 22.0. The Hall–Kier alpha value is -3.07. The highest BCUT2D eigenvalue weighted by molar-refractivity contribution is 9.10. The van der Waals surface area contributed by atoms with Crippen LogP contribution < -0.4 is 25.0 Å². The molecule has 0 saturated carbocycles. The first-order valence-corrected chi connectivity index (χ1v) is 11.7. The number of carbonyl (C=O) groups excluding carboxylic acids is 2. The lowest BCUT2D eigenvalue weighted by molar-refractivity contribution is -0.130. The summed E-state index contributed by atoms with van der Waals surface area (Å²) in [5.41, 5.74) is 5.03. The molecule has 0 radical (unpaired) electrons. The number of benzene rings is 2. The molecule has 1 atom stereocenters. The Morgan fingerprint density at radius 2 is 1.74 bits per heavy atom. The molecule has 0 bridgehead atoms. The van der Waals surface area contributed by atoms with Crippen molar-refractivity contribution in [3.63, 3.8) is 0 Å². The van der Waals surface area contributed by atoms with E-state index in [1.54, 1.807) is 19.2 Å². The third kappa shape index (κ3) is 7.76. The van der Waals surface area contributed by atoms with Crippen molar-refractivity contribution in [1.29, 1.82) is 0 Å². The molecule has 2 aromatic carbocycles. The highest BCUT2D eigenvalue weighted by Crippen LogP contribution is 2.32. The number of rotatable bonds is 11. The van der Waals surface area contributed by atoms with Crippen molar-refractivity contribution in [1.82, 2.24) is 10.7 Å². The van der Waals surface area contributed by atoms with E-state index in [9.17, 15) is 9.59 Å². The van der Waals surface area contributed by atoms with Gasteiger partial charge >= 0.3 is 0 Å². The molecule has 0 unspecified atom stereocenters. The molecule has 2 N–H and O–H groups in total. The fourth-order valence-corrected chi connectivity index (χ4v) is 3.85. The summed E-state index contributed by atoms with van der Waals surface area (Å²) in [6, 6.07) is 8.50. The summed E-state index contributed by atoms with van der Waals surface area (Å²) in [4.78, 5) is 25.3. The maximum absolute atomic E-state index is 12.8. The molecule has 0 spiro atoms. The zero-order chi connectivity index (χ0) is 25.3. The van der Waals surface area contributed by atoms with Crippen LogP contribution in [0.25, 0.3) is 0 Å². The minimum Gasteiger partial charge on any atom is -0.496 e. The number of aryl methyl sites for hydroxylation is 2. The Balaban J connectivity index is 2.03. The average Bonchev–Trinajstić information content (AvgIpc) is 2.78. The topological polar surface area (TPSA) is 98.3 Å². The van der Waals surface area contributed by atoms with E-state index in [1.807, 2.05) is 45.9 Å². The van der Waals surface area contributed by atoms with Crippen molar-refractivity contribution < 1.29 is 23.8 Å². The fraction of sp³-hybridized carbons (Fsp3) is 0.400. The quantitative estimate of drug-likeness (QED) is 0.334. The summed E-state index contributed by atoms with van der Waals surface area (Å²) in [6.07, 6.45) is 1.92. The number of hydrogen-bond donors (Lipinski definition) is 2. The molecule has 0 fully saturated rings. The highest BCUT2D eigenvalue weighted by atomic mass is 79.9. The first-order chi connectivity index (χ1) is 16.2. The summed E-state index contributed by atoms with van der Waals surface area (Å²) in [5.74, 6) is 1.20.